The second kappa shape index (κ2) is 9.75. The highest BCUT2D eigenvalue weighted by atomic mass is 16.5. The van der Waals surface area contributed by atoms with Crippen LogP contribution in [0.4, 0.5) is 0 Å². The minimum Gasteiger partial charge on any atom is -0.466 e. The molecule has 0 aliphatic carbocycles. The molecule has 20 heavy (non-hydrogen) atoms. The zero-order chi connectivity index (χ0) is 14.8. The Hall–Kier alpha value is -1.10. The van der Waals surface area contributed by atoms with Gasteiger partial charge in [0, 0.05) is 19.6 Å². The quantitative estimate of drug-likeness (QED) is 0.696. The molecule has 1 aliphatic rings. The largest absolute Gasteiger partial charge is 0.466 e. The van der Waals surface area contributed by atoms with Gasteiger partial charge < -0.3 is 9.64 Å². The second-order valence-electron chi connectivity index (χ2n) is 5.44. The van der Waals surface area contributed by atoms with Gasteiger partial charge in [-0.05, 0) is 26.8 Å². The van der Waals surface area contributed by atoms with Gasteiger partial charge >= 0.3 is 5.97 Å². The molecule has 0 aromatic carbocycles. The van der Waals surface area contributed by atoms with Crippen molar-refractivity contribution >= 4 is 11.9 Å². The molecule has 5 heteroatoms. The standard InChI is InChI=1S/C15H28N2O3/c1-3-20-15(19)9-12-16(2)13-14(18)17-10-7-5-4-6-8-11-17/h3-13H2,1-2H3. The van der Waals surface area contributed by atoms with Gasteiger partial charge in [-0.25, -0.2) is 0 Å². The Balaban J connectivity index is 2.26. The molecule has 1 rings (SSSR count). The molecule has 0 N–H and O–H groups in total. The maximum absolute atomic E-state index is 12.2. The molecule has 1 saturated heterocycles. The highest BCUT2D eigenvalue weighted by Gasteiger charge is 2.16. The minimum absolute atomic E-state index is 0.179. The molecule has 0 spiro atoms. The summed E-state index contributed by atoms with van der Waals surface area (Å²) in [5.41, 5.74) is 0. The molecule has 1 heterocycles. The van der Waals surface area contributed by atoms with E-state index in [0.717, 1.165) is 25.9 Å². The van der Waals surface area contributed by atoms with Gasteiger partial charge in [0.05, 0.1) is 19.6 Å². The van der Waals surface area contributed by atoms with E-state index in [1.165, 1.54) is 19.3 Å². The number of carbonyl (C=O) groups excluding carboxylic acids is 2. The number of hydrogen-bond donors (Lipinski definition) is 0. The van der Waals surface area contributed by atoms with Crippen LogP contribution in [0.2, 0.25) is 0 Å². The first kappa shape index (κ1) is 17.0. The number of likely N-dealkylation sites (tertiary alicyclic amines) is 1. The molecule has 5 nitrogen and oxygen atoms in total. The smallest absolute Gasteiger partial charge is 0.307 e. The number of esters is 1. The monoisotopic (exact) mass is 284 g/mol. The molecule has 0 atom stereocenters. The van der Waals surface area contributed by atoms with E-state index in [9.17, 15) is 9.59 Å². The van der Waals surface area contributed by atoms with E-state index in [1.807, 2.05) is 16.8 Å². The fourth-order valence-corrected chi connectivity index (χ4v) is 2.42. The lowest BCUT2D eigenvalue weighted by molar-refractivity contribution is -0.144. The van der Waals surface area contributed by atoms with Crippen molar-refractivity contribution in [3.8, 4) is 0 Å². The Morgan fingerprint density at radius 2 is 1.70 bits per heavy atom. The van der Waals surface area contributed by atoms with Crippen molar-refractivity contribution in [3.63, 3.8) is 0 Å². The molecule has 116 valence electrons. The zero-order valence-corrected chi connectivity index (χ0v) is 12.9. The molecular formula is C15H28N2O3. The summed E-state index contributed by atoms with van der Waals surface area (Å²) < 4.78 is 4.88. The Labute approximate surface area is 122 Å². The summed E-state index contributed by atoms with van der Waals surface area (Å²) in [5, 5.41) is 0. The Bertz CT molecular complexity index is 299. The molecule has 1 aliphatic heterocycles. The van der Waals surface area contributed by atoms with Crippen molar-refractivity contribution in [1.29, 1.82) is 0 Å². The van der Waals surface area contributed by atoms with Gasteiger partial charge in [-0.2, -0.15) is 0 Å². The van der Waals surface area contributed by atoms with Gasteiger partial charge in [0.15, 0.2) is 0 Å². The summed E-state index contributed by atoms with van der Waals surface area (Å²) in [5.74, 6) is -0.0173. The van der Waals surface area contributed by atoms with E-state index in [4.69, 9.17) is 4.74 Å². The van der Waals surface area contributed by atoms with Crippen LogP contribution in [-0.4, -0.2) is 61.5 Å². The molecular weight excluding hydrogens is 256 g/mol. The van der Waals surface area contributed by atoms with Gasteiger partial charge in [-0.3, -0.25) is 14.5 Å². The van der Waals surface area contributed by atoms with Crippen molar-refractivity contribution in [3.05, 3.63) is 0 Å². The van der Waals surface area contributed by atoms with Crippen molar-refractivity contribution in [2.24, 2.45) is 0 Å². The lowest BCUT2D eigenvalue weighted by atomic mass is 10.1. The number of rotatable bonds is 6. The molecule has 1 fully saturated rings. The van der Waals surface area contributed by atoms with Crippen LogP contribution in [0.15, 0.2) is 0 Å². The first-order valence-corrected chi connectivity index (χ1v) is 7.75. The third-order valence-electron chi connectivity index (χ3n) is 3.62. The zero-order valence-electron chi connectivity index (χ0n) is 12.9. The topological polar surface area (TPSA) is 49.9 Å². The molecule has 0 unspecified atom stereocenters. The van der Waals surface area contributed by atoms with Crippen molar-refractivity contribution in [1.82, 2.24) is 9.80 Å². The first-order chi connectivity index (χ1) is 9.63. The normalized spacial score (nSPS) is 16.6. The van der Waals surface area contributed by atoms with E-state index in [-0.39, 0.29) is 11.9 Å². The first-order valence-electron chi connectivity index (χ1n) is 7.75. The fourth-order valence-electron chi connectivity index (χ4n) is 2.42. The van der Waals surface area contributed by atoms with Crippen LogP contribution >= 0.6 is 0 Å². The molecule has 0 radical (unpaired) electrons. The third-order valence-corrected chi connectivity index (χ3v) is 3.62. The number of hydrogen-bond acceptors (Lipinski definition) is 4. The van der Waals surface area contributed by atoms with Crippen LogP contribution < -0.4 is 0 Å². The maximum Gasteiger partial charge on any atom is 0.307 e. The average Bonchev–Trinajstić information content (AvgIpc) is 2.36. The minimum atomic E-state index is -0.196. The Morgan fingerprint density at radius 3 is 2.30 bits per heavy atom. The Kier molecular flexibility index (Phi) is 8.26. The van der Waals surface area contributed by atoms with Gasteiger partial charge in [0.2, 0.25) is 5.91 Å². The van der Waals surface area contributed by atoms with E-state index < -0.39 is 0 Å². The van der Waals surface area contributed by atoms with Crippen molar-refractivity contribution < 1.29 is 14.3 Å². The van der Waals surface area contributed by atoms with Crippen molar-refractivity contribution in [2.45, 2.75) is 45.4 Å². The number of nitrogens with zero attached hydrogens (tertiary/aromatic N) is 2. The van der Waals surface area contributed by atoms with Gasteiger partial charge in [0.1, 0.15) is 0 Å². The summed E-state index contributed by atoms with van der Waals surface area (Å²) >= 11 is 0. The molecule has 0 aromatic heterocycles. The lowest BCUT2D eigenvalue weighted by Gasteiger charge is -2.27. The summed E-state index contributed by atoms with van der Waals surface area (Å²) in [7, 11) is 1.88. The predicted octanol–water partition coefficient (Wildman–Crippen LogP) is 1.66. The van der Waals surface area contributed by atoms with Gasteiger partial charge in [0.25, 0.3) is 0 Å². The van der Waals surface area contributed by atoms with Crippen molar-refractivity contribution in [2.75, 3.05) is 39.8 Å². The summed E-state index contributed by atoms with van der Waals surface area (Å²) in [6, 6.07) is 0. The summed E-state index contributed by atoms with van der Waals surface area (Å²) in [4.78, 5) is 27.4. The highest BCUT2D eigenvalue weighted by Crippen LogP contribution is 2.10. The van der Waals surface area contributed by atoms with Crippen LogP contribution in [0.1, 0.15) is 45.4 Å². The second-order valence-corrected chi connectivity index (χ2v) is 5.44. The summed E-state index contributed by atoms with van der Waals surface area (Å²) in [6.07, 6.45) is 6.31. The van der Waals surface area contributed by atoms with Crippen LogP contribution in [-0.2, 0) is 14.3 Å². The lowest BCUT2D eigenvalue weighted by Crippen LogP contribution is -2.41. The SMILES string of the molecule is CCOC(=O)CCN(C)CC(=O)N1CCCCCCC1. The molecule has 0 saturated carbocycles. The number of amides is 1. The number of carbonyl (C=O) groups is 2. The predicted molar refractivity (Wildman–Crippen MR) is 78.4 cm³/mol. The van der Waals surface area contributed by atoms with Crippen LogP contribution in [0.5, 0.6) is 0 Å². The van der Waals surface area contributed by atoms with Crippen LogP contribution in [0.3, 0.4) is 0 Å². The summed E-state index contributed by atoms with van der Waals surface area (Å²) in [6.45, 7) is 4.93. The number of ether oxygens (including phenoxy) is 1. The van der Waals surface area contributed by atoms with E-state index in [2.05, 4.69) is 0 Å². The molecule has 0 aromatic rings. The van der Waals surface area contributed by atoms with E-state index >= 15 is 0 Å². The van der Waals surface area contributed by atoms with Gasteiger partial charge in [-0.15, -0.1) is 0 Å². The highest BCUT2D eigenvalue weighted by molar-refractivity contribution is 5.78. The third kappa shape index (κ3) is 6.89. The molecule has 1 amide bonds. The van der Waals surface area contributed by atoms with E-state index in [0.29, 0.717) is 26.1 Å². The molecule has 0 bridgehead atoms. The van der Waals surface area contributed by atoms with E-state index in [1.54, 1.807) is 6.92 Å². The van der Waals surface area contributed by atoms with Gasteiger partial charge in [-0.1, -0.05) is 19.3 Å². The maximum atomic E-state index is 12.2. The van der Waals surface area contributed by atoms with Crippen LogP contribution in [0, 0.1) is 0 Å². The van der Waals surface area contributed by atoms with Crippen LogP contribution in [0.25, 0.3) is 0 Å². The number of likely N-dealkylation sites (N-methyl/N-ethyl adjacent to an activating group) is 1. The Morgan fingerprint density at radius 1 is 1.10 bits per heavy atom. The fraction of sp³-hybridized carbons (Fsp3) is 0.867. The average molecular weight is 284 g/mol.